The third kappa shape index (κ3) is 4.85. The Morgan fingerprint density at radius 2 is 2.07 bits per heavy atom. The third-order valence-electron chi connectivity index (χ3n) is 3.86. The van der Waals surface area contributed by atoms with Crippen molar-refractivity contribution in [1.29, 1.82) is 0 Å². The predicted molar refractivity (Wildman–Crippen MR) is 111 cm³/mol. The van der Waals surface area contributed by atoms with Gasteiger partial charge in [-0.2, -0.15) is 0 Å². The van der Waals surface area contributed by atoms with E-state index >= 15 is 0 Å². The van der Waals surface area contributed by atoms with Crippen LogP contribution in [0.25, 0.3) is 17.4 Å². The van der Waals surface area contributed by atoms with Crippen LogP contribution in [-0.4, -0.2) is 33.1 Å². The Labute approximate surface area is 175 Å². The summed E-state index contributed by atoms with van der Waals surface area (Å²) >= 11 is 17.7. The highest BCUT2D eigenvalue weighted by Gasteiger charge is 2.33. The lowest BCUT2D eigenvalue weighted by atomic mass is 10.2. The Kier molecular flexibility index (Phi) is 6.47. The molecule has 0 bridgehead atoms. The van der Waals surface area contributed by atoms with E-state index < -0.39 is 5.97 Å². The Hall–Kier alpha value is -1.54. The van der Waals surface area contributed by atoms with Crippen molar-refractivity contribution in [2.75, 3.05) is 6.54 Å². The Bertz CT molecular complexity index is 913. The van der Waals surface area contributed by atoms with Gasteiger partial charge in [0.25, 0.3) is 5.91 Å². The number of benzene rings is 1. The van der Waals surface area contributed by atoms with Crippen LogP contribution in [0.3, 0.4) is 0 Å². The minimum atomic E-state index is -0.883. The molecule has 1 atom stereocenters. The molecule has 2 heterocycles. The van der Waals surface area contributed by atoms with Crippen LogP contribution in [0.1, 0.15) is 18.6 Å². The van der Waals surface area contributed by atoms with Crippen molar-refractivity contribution in [1.82, 2.24) is 4.90 Å². The summed E-state index contributed by atoms with van der Waals surface area (Å²) in [5.74, 6) is 0.0699. The van der Waals surface area contributed by atoms with Crippen molar-refractivity contribution in [3.63, 3.8) is 0 Å². The Morgan fingerprint density at radius 3 is 2.78 bits per heavy atom. The average molecular weight is 444 g/mol. The van der Waals surface area contributed by atoms with Gasteiger partial charge in [0.2, 0.25) is 0 Å². The SMILES string of the molecule is O=C(O)CCCN1C(=O)/C(=C/c2ccc(-c3ccc(Cl)c(Cl)c3)o2)SC1S. The van der Waals surface area contributed by atoms with Crippen LogP contribution >= 0.6 is 47.6 Å². The maximum atomic E-state index is 12.5. The van der Waals surface area contributed by atoms with Crippen LogP contribution in [0.5, 0.6) is 0 Å². The second-order valence-electron chi connectivity index (χ2n) is 5.78. The van der Waals surface area contributed by atoms with E-state index in [2.05, 4.69) is 12.6 Å². The number of amides is 1. The first-order chi connectivity index (χ1) is 12.8. The Balaban J connectivity index is 1.73. The van der Waals surface area contributed by atoms with Gasteiger partial charge in [0.05, 0.1) is 15.0 Å². The molecule has 1 aliphatic heterocycles. The quantitative estimate of drug-likeness (QED) is 0.471. The molecule has 1 unspecified atom stereocenters. The van der Waals surface area contributed by atoms with Crippen molar-refractivity contribution in [3.8, 4) is 11.3 Å². The van der Waals surface area contributed by atoms with E-state index in [0.29, 0.717) is 39.4 Å². The van der Waals surface area contributed by atoms with Gasteiger partial charge < -0.3 is 14.4 Å². The molecule has 0 radical (unpaired) electrons. The highest BCUT2D eigenvalue weighted by Crippen LogP contribution is 2.39. The molecule has 0 spiro atoms. The minimum absolute atomic E-state index is 0.0131. The number of carboxylic acid groups (broad SMARTS) is 1. The van der Waals surface area contributed by atoms with E-state index in [4.69, 9.17) is 32.7 Å². The zero-order valence-corrected chi connectivity index (χ0v) is 17.1. The molecule has 1 aromatic heterocycles. The highest BCUT2D eigenvalue weighted by molar-refractivity contribution is 8.14. The van der Waals surface area contributed by atoms with Gasteiger partial charge in [0, 0.05) is 24.6 Å². The first kappa shape index (κ1) is 20.2. The lowest BCUT2D eigenvalue weighted by molar-refractivity contribution is -0.137. The summed E-state index contributed by atoms with van der Waals surface area (Å²) in [6.07, 6.45) is 2.06. The fourth-order valence-electron chi connectivity index (χ4n) is 2.54. The molecule has 0 aliphatic carbocycles. The summed E-state index contributed by atoms with van der Waals surface area (Å²) in [5, 5.41) is 9.62. The number of hydrogen-bond donors (Lipinski definition) is 2. The molecule has 5 nitrogen and oxygen atoms in total. The van der Waals surface area contributed by atoms with E-state index in [1.807, 2.05) is 0 Å². The normalized spacial score (nSPS) is 18.5. The van der Waals surface area contributed by atoms with Gasteiger partial charge in [0.15, 0.2) is 0 Å². The number of nitrogens with zero attached hydrogens (tertiary/aromatic N) is 1. The van der Waals surface area contributed by atoms with Gasteiger partial charge in [0.1, 0.15) is 16.2 Å². The molecule has 1 amide bonds. The van der Waals surface area contributed by atoms with Gasteiger partial charge >= 0.3 is 5.97 Å². The van der Waals surface area contributed by atoms with E-state index in [1.54, 1.807) is 41.3 Å². The first-order valence-corrected chi connectivity index (χ1v) is 10.1. The first-order valence-electron chi connectivity index (χ1n) is 7.99. The number of halogens is 2. The van der Waals surface area contributed by atoms with E-state index in [-0.39, 0.29) is 17.0 Å². The fraction of sp³-hybridized carbons (Fsp3) is 0.222. The molecule has 0 saturated carbocycles. The maximum Gasteiger partial charge on any atom is 0.303 e. The van der Waals surface area contributed by atoms with Crippen molar-refractivity contribution in [2.45, 2.75) is 17.5 Å². The third-order valence-corrected chi connectivity index (χ3v) is 6.21. The zero-order valence-electron chi connectivity index (χ0n) is 13.9. The van der Waals surface area contributed by atoms with Gasteiger partial charge in [-0.25, -0.2) is 0 Å². The van der Waals surface area contributed by atoms with Crippen LogP contribution < -0.4 is 0 Å². The molecule has 1 aliphatic rings. The standard InChI is InChI=1S/C18H15Cl2NO4S2/c19-12-5-3-10(8-13(12)20)14-6-4-11(25-14)9-15-17(24)21(18(26)27-15)7-1-2-16(22)23/h3-6,8-9,18,26H,1-2,7H2,(H,22,23)/b15-9-. The maximum absolute atomic E-state index is 12.5. The van der Waals surface area contributed by atoms with Crippen molar-refractivity contribution in [2.24, 2.45) is 0 Å². The van der Waals surface area contributed by atoms with Gasteiger partial charge in [-0.15, -0.1) is 12.6 Å². The topological polar surface area (TPSA) is 70.8 Å². The second-order valence-corrected chi connectivity index (χ2v) is 8.55. The number of carbonyl (C=O) groups excluding carboxylic acids is 1. The number of furan rings is 1. The molecule has 27 heavy (non-hydrogen) atoms. The average Bonchev–Trinajstić information content (AvgIpc) is 3.17. The van der Waals surface area contributed by atoms with Crippen molar-refractivity contribution < 1.29 is 19.1 Å². The monoisotopic (exact) mass is 443 g/mol. The number of carbonyl (C=O) groups is 2. The van der Waals surface area contributed by atoms with Crippen LogP contribution in [0.15, 0.2) is 39.7 Å². The molecule has 1 saturated heterocycles. The smallest absolute Gasteiger partial charge is 0.303 e. The summed E-state index contributed by atoms with van der Waals surface area (Å²) < 4.78 is 5.45. The summed E-state index contributed by atoms with van der Waals surface area (Å²) in [4.78, 5) is 25.2. The molecular formula is C18H15Cl2NO4S2. The summed E-state index contributed by atoms with van der Waals surface area (Å²) in [7, 11) is 0. The van der Waals surface area contributed by atoms with Crippen LogP contribution in [0.4, 0.5) is 0 Å². The number of aliphatic carboxylic acids is 1. The number of thioether (sulfide) groups is 1. The predicted octanol–water partition coefficient (Wildman–Crippen LogP) is 5.25. The number of hydrogen-bond acceptors (Lipinski definition) is 5. The van der Waals surface area contributed by atoms with E-state index in [1.165, 1.54) is 11.8 Å². The molecule has 1 fully saturated rings. The molecular weight excluding hydrogens is 429 g/mol. The summed E-state index contributed by atoms with van der Waals surface area (Å²) in [5.41, 5.74) is 0.779. The minimum Gasteiger partial charge on any atom is -0.481 e. The van der Waals surface area contributed by atoms with Gasteiger partial charge in [-0.1, -0.05) is 35.0 Å². The van der Waals surface area contributed by atoms with Gasteiger partial charge in [-0.05, 0) is 36.8 Å². The fourth-order valence-corrected chi connectivity index (χ4v) is 4.36. The summed E-state index contributed by atoms with van der Waals surface area (Å²) in [6, 6.07) is 8.76. The lowest BCUT2D eigenvalue weighted by Gasteiger charge is -2.18. The molecule has 2 aromatic rings. The molecule has 3 rings (SSSR count). The van der Waals surface area contributed by atoms with Crippen LogP contribution in [0, 0.1) is 0 Å². The van der Waals surface area contributed by atoms with Gasteiger partial charge in [-0.3, -0.25) is 9.59 Å². The van der Waals surface area contributed by atoms with Crippen LogP contribution in [-0.2, 0) is 9.59 Å². The molecule has 1 N–H and O–H groups in total. The summed E-state index contributed by atoms with van der Waals surface area (Å²) in [6.45, 7) is 0.344. The van der Waals surface area contributed by atoms with Crippen molar-refractivity contribution >= 4 is 65.5 Å². The van der Waals surface area contributed by atoms with Crippen LogP contribution in [0.2, 0.25) is 10.0 Å². The zero-order chi connectivity index (χ0) is 19.6. The van der Waals surface area contributed by atoms with Crippen molar-refractivity contribution in [3.05, 3.63) is 51.0 Å². The lowest BCUT2D eigenvalue weighted by Crippen LogP contribution is -2.30. The highest BCUT2D eigenvalue weighted by atomic mass is 35.5. The largest absolute Gasteiger partial charge is 0.481 e. The Morgan fingerprint density at radius 1 is 1.30 bits per heavy atom. The number of thiol groups is 1. The van der Waals surface area contributed by atoms with E-state index in [9.17, 15) is 9.59 Å². The number of carboxylic acids is 1. The van der Waals surface area contributed by atoms with E-state index in [0.717, 1.165) is 5.56 Å². The second kappa shape index (κ2) is 8.65. The molecule has 9 heteroatoms. The molecule has 142 valence electrons. The number of rotatable bonds is 6. The molecule has 1 aromatic carbocycles.